The number of thioether (sulfide) groups is 1. The summed E-state index contributed by atoms with van der Waals surface area (Å²) in [5.41, 5.74) is 1.10. The summed E-state index contributed by atoms with van der Waals surface area (Å²) in [6.07, 6.45) is 0.479. The Labute approximate surface area is 95.0 Å². The first-order chi connectivity index (χ1) is 7.22. The topological polar surface area (TPSA) is 26.3 Å². The summed E-state index contributed by atoms with van der Waals surface area (Å²) >= 11 is 1.75. The number of rotatable bonds is 5. The van der Waals surface area contributed by atoms with Gasteiger partial charge in [-0.05, 0) is 30.4 Å². The minimum Gasteiger partial charge on any atom is -0.426 e. The Balaban J connectivity index is 2.37. The molecule has 0 unspecified atom stereocenters. The van der Waals surface area contributed by atoms with Crippen LogP contribution in [0.3, 0.4) is 0 Å². The lowest BCUT2D eigenvalue weighted by molar-refractivity contribution is -0.133. The van der Waals surface area contributed by atoms with Crippen molar-refractivity contribution in [3.8, 4) is 5.75 Å². The SMILES string of the molecule is CCSCCC(=O)Oc1cccc(C)c1. The molecule has 0 bridgehead atoms. The minimum absolute atomic E-state index is 0.151. The van der Waals surface area contributed by atoms with Gasteiger partial charge in [-0.15, -0.1) is 0 Å². The van der Waals surface area contributed by atoms with E-state index >= 15 is 0 Å². The summed E-state index contributed by atoms with van der Waals surface area (Å²) in [5, 5.41) is 0. The number of hydrogen-bond acceptors (Lipinski definition) is 3. The monoisotopic (exact) mass is 224 g/mol. The fourth-order valence-electron chi connectivity index (χ4n) is 1.16. The van der Waals surface area contributed by atoms with E-state index in [0.29, 0.717) is 12.2 Å². The molecule has 3 heteroatoms. The van der Waals surface area contributed by atoms with Gasteiger partial charge in [0.05, 0.1) is 6.42 Å². The van der Waals surface area contributed by atoms with Gasteiger partial charge in [-0.1, -0.05) is 19.1 Å². The number of benzene rings is 1. The van der Waals surface area contributed by atoms with Crippen molar-refractivity contribution < 1.29 is 9.53 Å². The largest absolute Gasteiger partial charge is 0.426 e. The standard InChI is InChI=1S/C12H16O2S/c1-3-15-8-7-12(13)14-11-6-4-5-10(2)9-11/h4-6,9H,3,7-8H2,1-2H3. The van der Waals surface area contributed by atoms with Crippen molar-refractivity contribution in [1.29, 1.82) is 0 Å². The van der Waals surface area contributed by atoms with Crippen LogP contribution in [0.5, 0.6) is 5.75 Å². The average Bonchev–Trinajstić information content (AvgIpc) is 2.18. The number of esters is 1. The van der Waals surface area contributed by atoms with E-state index in [2.05, 4.69) is 6.92 Å². The fraction of sp³-hybridized carbons (Fsp3) is 0.417. The van der Waals surface area contributed by atoms with Crippen molar-refractivity contribution in [1.82, 2.24) is 0 Å². The molecule has 0 N–H and O–H groups in total. The first-order valence-corrected chi connectivity index (χ1v) is 6.23. The quantitative estimate of drug-likeness (QED) is 0.437. The van der Waals surface area contributed by atoms with Crippen LogP contribution in [0.2, 0.25) is 0 Å². The maximum Gasteiger partial charge on any atom is 0.312 e. The predicted molar refractivity (Wildman–Crippen MR) is 64.4 cm³/mol. The molecule has 0 aliphatic rings. The summed E-state index contributed by atoms with van der Waals surface area (Å²) in [5.74, 6) is 2.36. The highest BCUT2D eigenvalue weighted by atomic mass is 32.2. The second kappa shape index (κ2) is 6.51. The first kappa shape index (κ1) is 12.1. The summed E-state index contributed by atoms with van der Waals surface area (Å²) in [6.45, 7) is 4.06. The third kappa shape index (κ3) is 4.88. The van der Waals surface area contributed by atoms with Crippen molar-refractivity contribution in [3.05, 3.63) is 29.8 Å². The molecule has 0 saturated carbocycles. The number of aryl methyl sites for hydroxylation is 1. The lowest BCUT2D eigenvalue weighted by Crippen LogP contribution is -2.08. The number of carbonyl (C=O) groups excluding carboxylic acids is 1. The van der Waals surface area contributed by atoms with Gasteiger partial charge >= 0.3 is 5.97 Å². The van der Waals surface area contributed by atoms with Crippen LogP contribution < -0.4 is 4.74 Å². The Bertz CT molecular complexity index is 323. The van der Waals surface area contributed by atoms with Crippen LogP contribution in [0.1, 0.15) is 18.9 Å². The predicted octanol–water partition coefficient (Wildman–Crippen LogP) is 3.04. The van der Waals surface area contributed by atoms with Gasteiger partial charge in [-0.3, -0.25) is 4.79 Å². The molecule has 1 rings (SSSR count). The molecule has 2 nitrogen and oxygen atoms in total. The number of ether oxygens (including phenoxy) is 1. The van der Waals surface area contributed by atoms with Gasteiger partial charge in [0.1, 0.15) is 5.75 Å². The molecule has 0 aliphatic heterocycles. The van der Waals surface area contributed by atoms with Gasteiger partial charge < -0.3 is 4.74 Å². The van der Waals surface area contributed by atoms with Crippen LogP contribution in [-0.4, -0.2) is 17.5 Å². The molecule has 0 aromatic heterocycles. The van der Waals surface area contributed by atoms with E-state index in [1.54, 1.807) is 17.8 Å². The second-order valence-electron chi connectivity index (χ2n) is 3.24. The van der Waals surface area contributed by atoms with Crippen LogP contribution in [0.15, 0.2) is 24.3 Å². The maximum atomic E-state index is 11.4. The zero-order chi connectivity index (χ0) is 11.1. The molecule has 82 valence electrons. The molecule has 1 aromatic carbocycles. The summed E-state index contributed by atoms with van der Waals surface area (Å²) < 4.78 is 5.19. The normalized spacial score (nSPS) is 10.0. The highest BCUT2D eigenvalue weighted by Crippen LogP contribution is 2.13. The molecule has 0 radical (unpaired) electrons. The van der Waals surface area contributed by atoms with Crippen molar-refractivity contribution in [2.75, 3.05) is 11.5 Å². The van der Waals surface area contributed by atoms with E-state index in [4.69, 9.17) is 4.74 Å². The average molecular weight is 224 g/mol. The Kier molecular flexibility index (Phi) is 5.26. The Hall–Kier alpha value is -0.960. The van der Waals surface area contributed by atoms with Gasteiger partial charge in [-0.2, -0.15) is 11.8 Å². The molecular weight excluding hydrogens is 208 g/mol. The lowest BCUT2D eigenvalue weighted by Gasteiger charge is -2.04. The summed E-state index contributed by atoms with van der Waals surface area (Å²) in [7, 11) is 0. The van der Waals surface area contributed by atoms with E-state index in [1.807, 2.05) is 25.1 Å². The fourth-order valence-corrected chi connectivity index (χ4v) is 1.76. The highest BCUT2D eigenvalue weighted by molar-refractivity contribution is 7.99. The highest BCUT2D eigenvalue weighted by Gasteiger charge is 2.04. The molecule has 1 aromatic rings. The van der Waals surface area contributed by atoms with Gasteiger partial charge in [-0.25, -0.2) is 0 Å². The summed E-state index contributed by atoms with van der Waals surface area (Å²) in [6, 6.07) is 7.53. The van der Waals surface area contributed by atoms with Crippen molar-refractivity contribution in [2.24, 2.45) is 0 Å². The first-order valence-electron chi connectivity index (χ1n) is 5.07. The molecule has 0 atom stereocenters. The van der Waals surface area contributed by atoms with Gasteiger partial charge in [0, 0.05) is 5.75 Å². The van der Waals surface area contributed by atoms with E-state index in [9.17, 15) is 4.79 Å². The smallest absolute Gasteiger partial charge is 0.312 e. The van der Waals surface area contributed by atoms with Crippen molar-refractivity contribution >= 4 is 17.7 Å². The van der Waals surface area contributed by atoms with Crippen LogP contribution in [-0.2, 0) is 4.79 Å². The molecule has 15 heavy (non-hydrogen) atoms. The van der Waals surface area contributed by atoms with E-state index in [1.165, 1.54) is 0 Å². The van der Waals surface area contributed by atoms with E-state index in [-0.39, 0.29) is 5.97 Å². The van der Waals surface area contributed by atoms with Crippen LogP contribution in [0, 0.1) is 6.92 Å². The minimum atomic E-state index is -0.151. The van der Waals surface area contributed by atoms with Crippen molar-refractivity contribution in [2.45, 2.75) is 20.3 Å². The third-order valence-corrected chi connectivity index (χ3v) is 2.78. The molecule has 0 amide bonds. The second-order valence-corrected chi connectivity index (χ2v) is 4.63. The number of hydrogen-bond donors (Lipinski definition) is 0. The molecule has 0 heterocycles. The van der Waals surface area contributed by atoms with Crippen LogP contribution in [0.25, 0.3) is 0 Å². The van der Waals surface area contributed by atoms with Gasteiger partial charge in [0.15, 0.2) is 0 Å². The maximum absolute atomic E-state index is 11.4. The Morgan fingerprint density at radius 2 is 2.27 bits per heavy atom. The van der Waals surface area contributed by atoms with E-state index < -0.39 is 0 Å². The Morgan fingerprint density at radius 3 is 2.93 bits per heavy atom. The van der Waals surface area contributed by atoms with Gasteiger partial charge in [0.2, 0.25) is 0 Å². The number of carbonyl (C=O) groups is 1. The molecule has 0 fully saturated rings. The zero-order valence-corrected chi connectivity index (χ0v) is 9.97. The summed E-state index contributed by atoms with van der Waals surface area (Å²) in [4.78, 5) is 11.4. The van der Waals surface area contributed by atoms with E-state index in [0.717, 1.165) is 17.1 Å². The molecule has 0 aliphatic carbocycles. The molecular formula is C12H16O2S. The third-order valence-electron chi connectivity index (χ3n) is 1.88. The van der Waals surface area contributed by atoms with Crippen molar-refractivity contribution in [3.63, 3.8) is 0 Å². The van der Waals surface area contributed by atoms with Crippen LogP contribution in [0.4, 0.5) is 0 Å². The molecule has 0 spiro atoms. The lowest BCUT2D eigenvalue weighted by atomic mass is 10.2. The van der Waals surface area contributed by atoms with Gasteiger partial charge in [0.25, 0.3) is 0 Å². The Morgan fingerprint density at radius 1 is 1.47 bits per heavy atom. The van der Waals surface area contributed by atoms with Crippen LogP contribution >= 0.6 is 11.8 Å². The zero-order valence-electron chi connectivity index (χ0n) is 9.16. The molecule has 0 saturated heterocycles.